The first-order valence-electron chi connectivity index (χ1n) is 6.59. The molecule has 3 nitrogen and oxygen atoms in total. The van der Waals surface area contributed by atoms with Crippen molar-refractivity contribution in [3.05, 3.63) is 64.7 Å². The number of carbonyl (C=O) groups is 1. The Labute approximate surface area is 120 Å². The predicted octanol–water partition coefficient (Wildman–Crippen LogP) is 3.23. The molecule has 21 heavy (non-hydrogen) atoms. The molecule has 3 rings (SSSR count). The number of halogens is 2. The summed E-state index contributed by atoms with van der Waals surface area (Å²) in [5.41, 5.74) is 2.11. The van der Waals surface area contributed by atoms with Gasteiger partial charge in [-0.1, -0.05) is 6.07 Å². The van der Waals surface area contributed by atoms with Crippen LogP contribution >= 0.6 is 0 Å². The molecule has 2 aromatic rings. The Bertz CT molecular complexity index is 715. The maximum absolute atomic E-state index is 13.8. The van der Waals surface area contributed by atoms with Crippen LogP contribution in [0.15, 0.2) is 36.4 Å². The molecule has 0 saturated carbocycles. The molecule has 0 bridgehead atoms. The van der Waals surface area contributed by atoms with Crippen LogP contribution in [0, 0.1) is 11.6 Å². The quantitative estimate of drug-likeness (QED) is 0.943. The topological polar surface area (TPSA) is 40.5 Å². The minimum Gasteiger partial charge on any atom is -0.478 e. The van der Waals surface area contributed by atoms with Crippen LogP contribution in [0.2, 0.25) is 0 Å². The number of hydrogen-bond donors (Lipinski definition) is 1. The van der Waals surface area contributed by atoms with E-state index in [1.165, 1.54) is 24.3 Å². The number of nitrogens with zero attached hydrogens (tertiary/aromatic N) is 1. The normalized spacial score (nSPS) is 13.3. The summed E-state index contributed by atoms with van der Waals surface area (Å²) in [4.78, 5) is 12.8. The Morgan fingerprint density at radius 2 is 2.00 bits per heavy atom. The number of aromatic carboxylic acids is 1. The van der Waals surface area contributed by atoms with Gasteiger partial charge in [0.05, 0.1) is 5.56 Å². The van der Waals surface area contributed by atoms with E-state index in [1.807, 2.05) is 4.90 Å². The van der Waals surface area contributed by atoms with Gasteiger partial charge in [-0.3, -0.25) is 0 Å². The summed E-state index contributed by atoms with van der Waals surface area (Å²) in [7, 11) is 0. The van der Waals surface area contributed by atoms with Crippen molar-refractivity contribution >= 4 is 11.7 Å². The first kappa shape index (κ1) is 13.5. The van der Waals surface area contributed by atoms with Gasteiger partial charge in [0.1, 0.15) is 11.6 Å². The molecule has 1 heterocycles. The zero-order valence-electron chi connectivity index (χ0n) is 11.1. The standard InChI is InChI=1S/C16H13F2NO2/c17-13-3-1-10-5-6-19(15(10)8-13)9-12-7-11(16(20)21)2-4-14(12)18/h1-4,7-8H,5-6,9H2,(H,20,21). The Kier molecular flexibility index (Phi) is 3.33. The summed E-state index contributed by atoms with van der Waals surface area (Å²) < 4.78 is 27.2. The van der Waals surface area contributed by atoms with Gasteiger partial charge >= 0.3 is 5.97 Å². The third-order valence-corrected chi connectivity index (χ3v) is 3.69. The predicted molar refractivity (Wildman–Crippen MR) is 74.5 cm³/mol. The third-order valence-electron chi connectivity index (χ3n) is 3.69. The van der Waals surface area contributed by atoms with Crippen molar-refractivity contribution in [3.8, 4) is 0 Å². The summed E-state index contributed by atoms with van der Waals surface area (Å²) in [6, 6.07) is 8.29. The van der Waals surface area contributed by atoms with E-state index in [-0.39, 0.29) is 17.9 Å². The number of fused-ring (bicyclic) bond motifs is 1. The molecule has 1 N–H and O–H groups in total. The lowest BCUT2D eigenvalue weighted by molar-refractivity contribution is 0.0696. The maximum atomic E-state index is 13.8. The van der Waals surface area contributed by atoms with Crippen LogP contribution < -0.4 is 4.90 Å². The summed E-state index contributed by atoms with van der Waals surface area (Å²) in [5.74, 6) is -1.88. The number of anilines is 1. The van der Waals surface area contributed by atoms with E-state index in [4.69, 9.17) is 5.11 Å². The highest BCUT2D eigenvalue weighted by molar-refractivity contribution is 5.87. The van der Waals surface area contributed by atoms with Crippen molar-refractivity contribution in [2.24, 2.45) is 0 Å². The SMILES string of the molecule is O=C(O)c1ccc(F)c(CN2CCc3ccc(F)cc32)c1. The van der Waals surface area contributed by atoms with E-state index in [0.29, 0.717) is 12.1 Å². The maximum Gasteiger partial charge on any atom is 0.335 e. The molecule has 1 aliphatic heterocycles. The van der Waals surface area contributed by atoms with Gasteiger partial charge in [0, 0.05) is 24.3 Å². The molecule has 0 aliphatic carbocycles. The van der Waals surface area contributed by atoms with Crippen molar-refractivity contribution in [1.82, 2.24) is 0 Å². The smallest absolute Gasteiger partial charge is 0.335 e. The van der Waals surface area contributed by atoms with Gasteiger partial charge in [-0.15, -0.1) is 0 Å². The van der Waals surface area contributed by atoms with E-state index in [0.717, 1.165) is 23.7 Å². The van der Waals surface area contributed by atoms with Gasteiger partial charge in [0.15, 0.2) is 0 Å². The number of benzene rings is 2. The van der Waals surface area contributed by atoms with Crippen LogP contribution in [0.25, 0.3) is 0 Å². The Morgan fingerprint density at radius 1 is 1.19 bits per heavy atom. The minimum absolute atomic E-state index is 0.0464. The zero-order valence-corrected chi connectivity index (χ0v) is 11.1. The largest absolute Gasteiger partial charge is 0.478 e. The molecule has 0 atom stereocenters. The molecule has 0 aromatic heterocycles. The molecule has 108 valence electrons. The highest BCUT2D eigenvalue weighted by atomic mass is 19.1. The van der Waals surface area contributed by atoms with Crippen molar-refractivity contribution < 1.29 is 18.7 Å². The number of carboxylic acid groups (broad SMARTS) is 1. The summed E-state index contributed by atoms with van der Waals surface area (Å²) >= 11 is 0. The number of carboxylic acids is 1. The van der Waals surface area contributed by atoms with E-state index >= 15 is 0 Å². The van der Waals surface area contributed by atoms with Crippen LogP contribution in [0.1, 0.15) is 21.5 Å². The number of hydrogen-bond acceptors (Lipinski definition) is 2. The lowest BCUT2D eigenvalue weighted by Gasteiger charge is -2.20. The van der Waals surface area contributed by atoms with Gasteiger partial charge < -0.3 is 10.0 Å². The lowest BCUT2D eigenvalue weighted by Crippen LogP contribution is -2.20. The molecule has 5 heteroatoms. The van der Waals surface area contributed by atoms with Crippen molar-refractivity contribution in [2.45, 2.75) is 13.0 Å². The van der Waals surface area contributed by atoms with E-state index in [9.17, 15) is 13.6 Å². The Hall–Kier alpha value is -2.43. The fourth-order valence-electron chi connectivity index (χ4n) is 2.62. The first-order valence-corrected chi connectivity index (χ1v) is 6.59. The van der Waals surface area contributed by atoms with Crippen LogP contribution in [-0.4, -0.2) is 17.6 Å². The molecule has 0 spiro atoms. The molecule has 0 fully saturated rings. The highest BCUT2D eigenvalue weighted by Gasteiger charge is 2.21. The van der Waals surface area contributed by atoms with Crippen molar-refractivity contribution in [3.63, 3.8) is 0 Å². The second-order valence-corrected chi connectivity index (χ2v) is 5.06. The van der Waals surface area contributed by atoms with Crippen LogP contribution in [-0.2, 0) is 13.0 Å². The molecular formula is C16H13F2NO2. The minimum atomic E-state index is -1.09. The summed E-state index contributed by atoms with van der Waals surface area (Å²) in [6.45, 7) is 0.888. The van der Waals surface area contributed by atoms with E-state index < -0.39 is 11.8 Å². The molecule has 0 amide bonds. The summed E-state index contributed by atoms with van der Waals surface area (Å²) in [6.07, 6.45) is 0.774. The fraction of sp³-hybridized carbons (Fsp3) is 0.188. The van der Waals surface area contributed by atoms with E-state index in [2.05, 4.69) is 0 Å². The molecular weight excluding hydrogens is 276 g/mol. The highest BCUT2D eigenvalue weighted by Crippen LogP contribution is 2.30. The molecule has 0 saturated heterocycles. The van der Waals surface area contributed by atoms with Gasteiger partial charge in [0.25, 0.3) is 0 Å². The van der Waals surface area contributed by atoms with Gasteiger partial charge in [-0.2, -0.15) is 0 Å². The van der Waals surface area contributed by atoms with Crippen LogP contribution in [0.4, 0.5) is 14.5 Å². The number of rotatable bonds is 3. The lowest BCUT2D eigenvalue weighted by atomic mass is 10.1. The third kappa shape index (κ3) is 2.59. The first-order chi connectivity index (χ1) is 10.0. The Balaban J connectivity index is 1.91. The Morgan fingerprint density at radius 3 is 2.76 bits per heavy atom. The van der Waals surface area contributed by atoms with Gasteiger partial charge in [-0.05, 0) is 42.3 Å². The molecule has 0 radical (unpaired) electrons. The van der Waals surface area contributed by atoms with E-state index in [1.54, 1.807) is 6.07 Å². The monoisotopic (exact) mass is 289 g/mol. The second-order valence-electron chi connectivity index (χ2n) is 5.06. The van der Waals surface area contributed by atoms with Gasteiger partial charge in [-0.25, -0.2) is 13.6 Å². The molecule has 1 aliphatic rings. The molecule has 0 unspecified atom stereocenters. The molecule has 2 aromatic carbocycles. The fourth-order valence-corrected chi connectivity index (χ4v) is 2.62. The second kappa shape index (κ2) is 5.16. The van der Waals surface area contributed by atoms with Crippen molar-refractivity contribution in [1.29, 1.82) is 0 Å². The van der Waals surface area contributed by atoms with Gasteiger partial charge in [0.2, 0.25) is 0 Å². The average molecular weight is 289 g/mol. The van der Waals surface area contributed by atoms with Crippen molar-refractivity contribution in [2.75, 3.05) is 11.4 Å². The van der Waals surface area contributed by atoms with Crippen LogP contribution in [0.3, 0.4) is 0 Å². The zero-order chi connectivity index (χ0) is 15.0. The summed E-state index contributed by atoms with van der Waals surface area (Å²) in [5, 5.41) is 8.97. The van der Waals surface area contributed by atoms with Crippen LogP contribution in [0.5, 0.6) is 0 Å². The average Bonchev–Trinajstić information content (AvgIpc) is 2.83.